The average Bonchev–Trinajstić information content (AvgIpc) is 2.72. The van der Waals surface area contributed by atoms with Gasteiger partial charge in [-0.05, 0) is 61.2 Å². The number of carbonyl (C=O) groups is 1. The second-order valence-electron chi connectivity index (χ2n) is 6.34. The zero-order chi connectivity index (χ0) is 18.9. The van der Waals surface area contributed by atoms with Crippen LogP contribution in [0.2, 0.25) is 0 Å². The lowest BCUT2D eigenvalue weighted by Gasteiger charge is -2.09. The molecule has 1 heterocycles. The second-order valence-corrected chi connectivity index (χ2v) is 6.34. The van der Waals surface area contributed by atoms with Crippen molar-refractivity contribution in [3.05, 3.63) is 71.9 Å². The van der Waals surface area contributed by atoms with Crippen LogP contribution in [0.5, 0.6) is 5.75 Å². The van der Waals surface area contributed by atoms with Crippen LogP contribution in [0.25, 0.3) is 10.9 Å². The Kier molecular flexibility index (Phi) is 6.74. The largest absolute Gasteiger partial charge is 0.494 e. The molecule has 0 aliphatic carbocycles. The number of nitrogens with zero attached hydrogens (tertiary/aromatic N) is 1. The molecule has 0 saturated carbocycles. The van der Waals surface area contributed by atoms with Crippen LogP contribution in [0.15, 0.2) is 60.8 Å². The Balaban J connectivity index is 1.54. The minimum absolute atomic E-state index is 0.127. The lowest BCUT2D eigenvalue weighted by molar-refractivity contribution is 0.0951. The molecule has 1 N–H and O–H groups in total. The lowest BCUT2D eigenvalue weighted by Crippen LogP contribution is -2.22. The fraction of sp³-hybridized carbons (Fsp3) is 0.273. The minimum atomic E-state index is -0.275. The van der Waals surface area contributed by atoms with Gasteiger partial charge in [-0.2, -0.15) is 0 Å². The van der Waals surface area contributed by atoms with Gasteiger partial charge in [-0.1, -0.05) is 18.2 Å². The number of hydrogen-bond acceptors (Lipinski definition) is 3. The van der Waals surface area contributed by atoms with Crippen molar-refractivity contribution in [2.24, 2.45) is 0 Å². The molecule has 0 fully saturated rings. The summed E-state index contributed by atoms with van der Waals surface area (Å²) in [5, 5.41) is 3.87. The SMILES string of the molecule is O=C(NCc1cccc(OCCCCCF)c1)c1ccc2ncccc2c1. The first-order chi connectivity index (χ1) is 13.3. The van der Waals surface area contributed by atoms with Gasteiger partial charge in [0.25, 0.3) is 5.91 Å². The molecule has 0 aliphatic rings. The van der Waals surface area contributed by atoms with E-state index in [1.807, 2.05) is 48.5 Å². The van der Waals surface area contributed by atoms with Crippen molar-refractivity contribution in [1.29, 1.82) is 0 Å². The van der Waals surface area contributed by atoms with Crippen LogP contribution in [-0.4, -0.2) is 24.2 Å². The molecule has 2 aromatic carbocycles. The van der Waals surface area contributed by atoms with Gasteiger partial charge in [0.05, 0.1) is 18.8 Å². The van der Waals surface area contributed by atoms with E-state index < -0.39 is 0 Å². The number of benzene rings is 2. The predicted molar refractivity (Wildman–Crippen MR) is 105 cm³/mol. The maximum Gasteiger partial charge on any atom is 0.251 e. The van der Waals surface area contributed by atoms with Crippen molar-refractivity contribution in [2.75, 3.05) is 13.3 Å². The molecule has 3 aromatic rings. The van der Waals surface area contributed by atoms with E-state index in [-0.39, 0.29) is 12.6 Å². The first kappa shape index (κ1) is 18.8. The van der Waals surface area contributed by atoms with Crippen LogP contribution in [0.1, 0.15) is 35.2 Å². The van der Waals surface area contributed by atoms with Crippen LogP contribution in [0, 0.1) is 0 Å². The topological polar surface area (TPSA) is 51.2 Å². The number of ether oxygens (including phenoxy) is 1. The summed E-state index contributed by atoms with van der Waals surface area (Å²) in [6.45, 7) is 0.715. The molecule has 0 aliphatic heterocycles. The molecule has 0 radical (unpaired) electrons. The quantitative estimate of drug-likeness (QED) is 0.559. The Morgan fingerprint density at radius 3 is 2.85 bits per heavy atom. The number of aromatic nitrogens is 1. The molecule has 0 saturated heterocycles. The first-order valence-corrected chi connectivity index (χ1v) is 9.17. The van der Waals surface area contributed by atoms with E-state index >= 15 is 0 Å². The molecule has 1 amide bonds. The summed E-state index contributed by atoms with van der Waals surface area (Å²) in [6.07, 6.45) is 3.98. The van der Waals surface area contributed by atoms with Gasteiger partial charge < -0.3 is 10.1 Å². The maximum absolute atomic E-state index is 12.4. The van der Waals surface area contributed by atoms with Crippen molar-refractivity contribution >= 4 is 16.8 Å². The van der Waals surface area contributed by atoms with Gasteiger partial charge in [0.15, 0.2) is 0 Å². The summed E-state index contributed by atoms with van der Waals surface area (Å²) in [4.78, 5) is 16.7. The monoisotopic (exact) mass is 366 g/mol. The summed E-state index contributed by atoms with van der Waals surface area (Å²) in [5.74, 6) is 0.636. The molecule has 5 heteroatoms. The number of alkyl halides is 1. The van der Waals surface area contributed by atoms with Crippen LogP contribution < -0.4 is 10.1 Å². The molecule has 4 nitrogen and oxygen atoms in total. The highest BCUT2D eigenvalue weighted by Crippen LogP contribution is 2.15. The Hall–Kier alpha value is -2.95. The highest BCUT2D eigenvalue weighted by molar-refractivity contribution is 5.97. The molecular formula is C22H23FN2O2. The van der Waals surface area contributed by atoms with E-state index in [0.717, 1.165) is 35.1 Å². The van der Waals surface area contributed by atoms with Gasteiger partial charge in [-0.3, -0.25) is 14.2 Å². The minimum Gasteiger partial charge on any atom is -0.494 e. The predicted octanol–water partition coefficient (Wildman–Crippen LogP) is 4.68. The molecule has 0 bridgehead atoms. The number of pyridine rings is 1. The number of rotatable bonds is 9. The van der Waals surface area contributed by atoms with Gasteiger partial charge in [-0.15, -0.1) is 0 Å². The Morgan fingerprint density at radius 1 is 1.04 bits per heavy atom. The third kappa shape index (κ3) is 5.51. The van der Waals surface area contributed by atoms with Gasteiger partial charge >= 0.3 is 0 Å². The van der Waals surface area contributed by atoms with E-state index in [1.165, 1.54) is 0 Å². The standard InChI is InChI=1S/C22H23FN2O2/c23-11-2-1-3-13-27-20-8-4-6-17(14-20)16-25-22(26)19-9-10-21-18(15-19)7-5-12-24-21/h4-10,12,14-15H,1-3,11,13,16H2,(H,25,26). The Labute approximate surface area is 158 Å². The number of carbonyl (C=O) groups excluding carboxylic acids is 1. The van der Waals surface area contributed by atoms with Crippen LogP contribution in [0.3, 0.4) is 0 Å². The molecule has 0 unspecified atom stereocenters. The third-order valence-electron chi connectivity index (χ3n) is 4.26. The Morgan fingerprint density at radius 2 is 1.96 bits per heavy atom. The maximum atomic E-state index is 12.4. The normalized spacial score (nSPS) is 10.7. The number of halogens is 1. The fourth-order valence-electron chi connectivity index (χ4n) is 2.81. The number of nitrogens with one attached hydrogen (secondary N) is 1. The first-order valence-electron chi connectivity index (χ1n) is 9.17. The number of unbranched alkanes of at least 4 members (excludes halogenated alkanes) is 2. The molecule has 140 valence electrons. The second kappa shape index (κ2) is 9.67. The number of amides is 1. The van der Waals surface area contributed by atoms with Crippen molar-refractivity contribution in [1.82, 2.24) is 10.3 Å². The zero-order valence-corrected chi connectivity index (χ0v) is 15.2. The van der Waals surface area contributed by atoms with Crippen LogP contribution in [-0.2, 0) is 6.54 Å². The number of hydrogen-bond donors (Lipinski definition) is 1. The molecule has 1 aromatic heterocycles. The van der Waals surface area contributed by atoms with Crippen molar-refractivity contribution < 1.29 is 13.9 Å². The van der Waals surface area contributed by atoms with Crippen LogP contribution >= 0.6 is 0 Å². The Bertz CT molecular complexity index is 898. The van der Waals surface area contributed by atoms with Gasteiger partial charge in [0.1, 0.15) is 5.75 Å². The van der Waals surface area contributed by atoms with E-state index in [9.17, 15) is 9.18 Å². The molecule has 0 spiro atoms. The summed E-state index contributed by atoms with van der Waals surface area (Å²) in [6, 6.07) is 16.9. The molecule has 3 rings (SSSR count). The van der Waals surface area contributed by atoms with Gasteiger partial charge in [0.2, 0.25) is 0 Å². The summed E-state index contributed by atoms with van der Waals surface area (Å²) >= 11 is 0. The highest BCUT2D eigenvalue weighted by Gasteiger charge is 2.07. The fourth-order valence-corrected chi connectivity index (χ4v) is 2.81. The van der Waals surface area contributed by atoms with E-state index in [1.54, 1.807) is 12.3 Å². The van der Waals surface area contributed by atoms with Gasteiger partial charge in [-0.25, -0.2) is 0 Å². The smallest absolute Gasteiger partial charge is 0.251 e. The van der Waals surface area contributed by atoms with E-state index in [4.69, 9.17) is 4.74 Å². The molecule has 0 atom stereocenters. The van der Waals surface area contributed by atoms with E-state index in [0.29, 0.717) is 25.1 Å². The lowest BCUT2D eigenvalue weighted by atomic mass is 10.1. The van der Waals surface area contributed by atoms with Crippen molar-refractivity contribution in [2.45, 2.75) is 25.8 Å². The highest BCUT2D eigenvalue weighted by atomic mass is 19.1. The summed E-state index contributed by atoms with van der Waals surface area (Å²) in [5.41, 5.74) is 2.44. The summed E-state index contributed by atoms with van der Waals surface area (Å²) in [7, 11) is 0. The average molecular weight is 366 g/mol. The number of fused-ring (bicyclic) bond motifs is 1. The zero-order valence-electron chi connectivity index (χ0n) is 15.2. The van der Waals surface area contributed by atoms with Crippen molar-refractivity contribution in [3.63, 3.8) is 0 Å². The van der Waals surface area contributed by atoms with Gasteiger partial charge in [0, 0.05) is 23.7 Å². The third-order valence-corrected chi connectivity index (χ3v) is 4.26. The summed E-state index contributed by atoms with van der Waals surface area (Å²) < 4.78 is 17.8. The van der Waals surface area contributed by atoms with Crippen molar-refractivity contribution in [3.8, 4) is 5.75 Å². The molecule has 27 heavy (non-hydrogen) atoms. The van der Waals surface area contributed by atoms with E-state index in [2.05, 4.69) is 10.3 Å². The molecular weight excluding hydrogens is 343 g/mol. The van der Waals surface area contributed by atoms with Crippen LogP contribution in [0.4, 0.5) is 4.39 Å².